The topological polar surface area (TPSA) is 115 Å². The molecule has 0 spiro atoms. The van der Waals surface area contributed by atoms with Gasteiger partial charge in [0, 0.05) is 24.2 Å². The highest BCUT2D eigenvalue weighted by atomic mass is 35.5. The first-order chi connectivity index (χ1) is 10.9. The molecule has 1 aromatic carbocycles. The third kappa shape index (κ3) is 3.88. The van der Waals surface area contributed by atoms with Crippen molar-refractivity contribution in [1.82, 2.24) is 4.72 Å². The molecular formula is C15H22ClN3O4S. The molecule has 7 nitrogen and oxygen atoms in total. The van der Waals surface area contributed by atoms with Crippen LogP contribution in [0.3, 0.4) is 0 Å². The highest BCUT2D eigenvalue weighted by Gasteiger charge is 2.41. The summed E-state index contributed by atoms with van der Waals surface area (Å²) < 4.78 is 28.0. The minimum atomic E-state index is -3.77. The minimum absolute atomic E-state index is 0. The monoisotopic (exact) mass is 375 g/mol. The molecular weight excluding hydrogens is 354 g/mol. The number of hydrogen-bond donors (Lipinski definition) is 2. The number of non-ortho nitro benzene ring substituents is 1. The van der Waals surface area contributed by atoms with Crippen LogP contribution >= 0.6 is 12.4 Å². The van der Waals surface area contributed by atoms with Crippen LogP contribution in [0.5, 0.6) is 0 Å². The molecule has 9 heteroatoms. The van der Waals surface area contributed by atoms with Gasteiger partial charge in [0.2, 0.25) is 10.0 Å². The predicted molar refractivity (Wildman–Crippen MR) is 92.5 cm³/mol. The van der Waals surface area contributed by atoms with Gasteiger partial charge >= 0.3 is 0 Å². The quantitative estimate of drug-likeness (QED) is 0.618. The zero-order chi connectivity index (χ0) is 16.6. The Kier molecular flexibility index (Phi) is 5.85. The molecule has 0 radical (unpaired) electrons. The summed E-state index contributed by atoms with van der Waals surface area (Å²) in [7, 11) is -3.77. The first-order valence-corrected chi connectivity index (χ1v) is 9.37. The minimum Gasteiger partial charge on any atom is -0.328 e. The van der Waals surface area contributed by atoms with Crippen molar-refractivity contribution in [2.24, 2.45) is 17.6 Å². The van der Waals surface area contributed by atoms with Crippen molar-refractivity contribution >= 4 is 28.1 Å². The second kappa shape index (κ2) is 7.35. The van der Waals surface area contributed by atoms with Crippen molar-refractivity contribution in [3.05, 3.63) is 34.4 Å². The Balaban J connectivity index is 0.00000208. The van der Waals surface area contributed by atoms with E-state index in [1.165, 1.54) is 18.2 Å². The molecule has 0 saturated heterocycles. The van der Waals surface area contributed by atoms with Crippen LogP contribution in [0.4, 0.5) is 5.69 Å². The van der Waals surface area contributed by atoms with Crippen molar-refractivity contribution in [2.75, 3.05) is 0 Å². The molecule has 1 aromatic rings. The third-order valence-corrected chi connectivity index (χ3v) is 6.46. The largest absolute Gasteiger partial charge is 0.328 e. The van der Waals surface area contributed by atoms with Gasteiger partial charge in [-0.1, -0.05) is 12.5 Å². The summed E-state index contributed by atoms with van der Waals surface area (Å²) in [4.78, 5) is 10.2. The zero-order valence-electron chi connectivity index (χ0n) is 13.1. The molecule has 2 saturated carbocycles. The average Bonchev–Trinajstić information content (AvgIpc) is 2.48. The van der Waals surface area contributed by atoms with Gasteiger partial charge in [-0.25, -0.2) is 13.1 Å². The highest BCUT2D eigenvalue weighted by molar-refractivity contribution is 7.89. The molecule has 0 amide bonds. The predicted octanol–water partition coefficient (Wildman–Crippen LogP) is 2.20. The Morgan fingerprint density at radius 1 is 1.21 bits per heavy atom. The number of halogens is 1. The van der Waals surface area contributed by atoms with Crippen molar-refractivity contribution in [1.29, 1.82) is 0 Å². The lowest BCUT2D eigenvalue weighted by molar-refractivity contribution is -0.385. The Labute approximate surface area is 147 Å². The maximum absolute atomic E-state index is 12.6. The van der Waals surface area contributed by atoms with Gasteiger partial charge in [-0.15, -0.1) is 12.4 Å². The van der Waals surface area contributed by atoms with E-state index >= 15 is 0 Å². The smallest absolute Gasteiger partial charge is 0.270 e. The fraction of sp³-hybridized carbons (Fsp3) is 0.600. The Morgan fingerprint density at radius 3 is 2.42 bits per heavy atom. The summed E-state index contributed by atoms with van der Waals surface area (Å²) >= 11 is 0. The first-order valence-electron chi connectivity index (χ1n) is 7.89. The maximum atomic E-state index is 12.6. The number of sulfonamides is 1. The summed E-state index contributed by atoms with van der Waals surface area (Å²) in [5.74, 6) is 0.511. The lowest BCUT2D eigenvalue weighted by Gasteiger charge is -2.44. The first kappa shape index (κ1) is 19.1. The van der Waals surface area contributed by atoms with E-state index in [1.54, 1.807) is 0 Å². The molecule has 2 bridgehead atoms. The number of benzene rings is 1. The van der Waals surface area contributed by atoms with Gasteiger partial charge in [0.25, 0.3) is 5.69 Å². The molecule has 2 aliphatic rings. The molecule has 2 fully saturated rings. The van der Waals surface area contributed by atoms with Gasteiger partial charge in [0.15, 0.2) is 0 Å². The third-order valence-electron chi connectivity index (χ3n) is 5.01. The van der Waals surface area contributed by atoms with Crippen LogP contribution in [0, 0.1) is 22.0 Å². The van der Waals surface area contributed by atoms with Crippen molar-refractivity contribution in [3.63, 3.8) is 0 Å². The van der Waals surface area contributed by atoms with Crippen LogP contribution in [0.15, 0.2) is 29.2 Å². The Morgan fingerprint density at radius 2 is 1.83 bits per heavy atom. The van der Waals surface area contributed by atoms with Crippen LogP contribution < -0.4 is 10.5 Å². The van der Waals surface area contributed by atoms with Gasteiger partial charge in [-0.05, 0) is 43.6 Å². The van der Waals surface area contributed by atoms with Crippen molar-refractivity contribution in [2.45, 2.75) is 49.1 Å². The number of nitro groups is 1. The van der Waals surface area contributed by atoms with E-state index in [1.807, 2.05) is 0 Å². The summed E-state index contributed by atoms with van der Waals surface area (Å²) in [5.41, 5.74) is 5.84. The summed E-state index contributed by atoms with van der Waals surface area (Å²) in [6.45, 7) is 0. The standard InChI is InChI=1S/C15H21N3O4S.ClH/c16-12-7-10-3-1-4-11(8-12)15(10)17-23(21,22)14-6-2-5-13(9-14)18(19)20;/h2,5-6,9-12,15,17H,1,3-4,7-8,16H2;1H. The molecule has 3 N–H and O–H groups in total. The van der Waals surface area contributed by atoms with Crippen molar-refractivity contribution < 1.29 is 13.3 Å². The van der Waals surface area contributed by atoms with Gasteiger partial charge in [0.05, 0.1) is 9.82 Å². The summed E-state index contributed by atoms with van der Waals surface area (Å²) in [6.07, 6.45) is 4.73. The molecule has 0 heterocycles. The number of nitro benzene ring substituents is 1. The molecule has 2 atom stereocenters. The molecule has 0 aromatic heterocycles. The second-order valence-electron chi connectivity index (χ2n) is 6.58. The normalized spacial score (nSPS) is 29.5. The molecule has 2 unspecified atom stereocenters. The van der Waals surface area contributed by atoms with Crippen LogP contribution in [0.25, 0.3) is 0 Å². The van der Waals surface area contributed by atoms with E-state index in [9.17, 15) is 18.5 Å². The fourth-order valence-electron chi connectivity index (χ4n) is 3.99. The number of hydrogen-bond acceptors (Lipinski definition) is 5. The van der Waals surface area contributed by atoms with Gasteiger partial charge in [-0.3, -0.25) is 10.1 Å². The van der Waals surface area contributed by atoms with E-state index in [0.29, 0.717) is 0 Å². The van der Waals surface area contributed by atoms with Crippen LogP contribution in [-0.2, 0) is 10.0 Å². The lowest BCUT2D eigenvalue weighted by Crippen LogP contribution is -2.53. The second-order valence-corrected chi connectivity index (χ2v) is 8.30. The van der Waals surface area contributed by atoms with Crippen molar-refractivity contribution in [3.8, 4) is 0 Å². The van der Waals surface area contributed by atoms with Gasteiger partial charge in [-0.2, -0.15) is 0 Å². The van der Waals surface area contributed by atoms with Gasteiger partial charge < -0.3 is 5.73 Å². The van der Waals surface area contributed by atoms with Crippen LogP contribution in [-0.4, -0.2) is 25.4 Å². The number of nitrogens with two attached hydrogens (primary N) is 1. The fourth-order valence-corrected chi connectivity index (χ4v) is 5.41. The number of nitrogens with one attached hydrogen (secondary N) is 1. The zero-order valence-corrected chi connectivity index (χ0v) is 14.8. The maximum Gasteiger partial charge on any atom is 0.270 e. The van der Waals surface area contributed by atoms with E-state index in [2.05, 4.69) is 4.72 Å². The molecule has 3 rings (SSSR count). The molecule has 2 aliphatic carbocycles. The van der Waals surface area contributed by atoms with E-state index in [-0.39, 0.29) is 46.9 Å². The van der Waals surface area contributed by atoms with Crippen LogP contribution in [0.1, 0.15) is 32.1 Å². The number of fused-ring (bicyclic) bond motifs is 2. The number of rotatable bonds is 4. The molecule has 134 valence electrons. The Hall–Kier alpha value is -1.22. The SMILES string of the molecule is Cl.NC1CC2CCCC(C1)C2NS(=O)(=O)c1cccc([N+](=O)[O-])c1. The van der Waals surface area contributed by atoms with E-state index in [4.69, 9.17) is 5.73 Å². The highest BCUT2D eigenvalue weighted by Crippen LogP contribution is 2.40. The molecule has 24 heavy (non-hydrogen) atoms. The lowest BCUT2D eigenvalue weighted by atomic mass is 9.67. The summed E-state index contributed by atoms with van der Waals surface area (Å²) in [6, 6.07) is 5.20. The Bertz CT molecular complexity index is 698. The van der Waals surface area contributed by atoms with E-state index in [0.717, 1.165) is 38.2 Å². The van der Waals surface area contributed by atoms with E-state index < -0.39 is 14.9 Å². The van der Waals surface area contributed by atoms with Gasteiger partial charge in [0.1, 0.15) is 0 Å². The summed E-state index contributed by atoms with van der Waals surface area (Å²) in [5, 5.41) is 10.8. The molecule has 0 aliphatic heterocycles. The number of nitrogens with zero attached hydrogens (tertiary/aromatic N) is 1. The average molecular weight is 376 g/mol. The van der Waals surface area contributed by atoms with Crippen LogP contribution in [0.2, 0.25) is 0 Å².